The van der Waals surface area contributed by atoms with Gasteiger partial charge in [0.25, 0.3) is 5.91 Å². The van der Waals surface area contributed by atoms with E-state index in [9.17, 15) is 4.79 Å². The summed E-state index contributed by atoms with van der Waals surface area (Å²) in [5.74, 6) is -0.186. The average molecular weight is 368 g/mol. The molecule has 0 bridgehead atoms. The van der Waals surface area contributed by atoms with Crippen LogP contribution in [0.3, 0.4) is 0 Å². The van der Waals surface area contributed by atoms with E-state index < -0.39 is 0 Å². The van der Waals surface area contributed by atoms with Crippen LogP contribution in [0.25, 0.3) is 10.9 Å². The third-order valence-corrected chi connectivity index (χ3v) is 4.86. The summed E-state index contributed by atoms with van der Waals surface area (Å²) >= 11 is 7.54. The fourth-order valence-electron chi connectivity index (χ4n) is 2.81. The lowest BCUT2D eigenvalue weighted by Crippen LogP contribution is -2.11. The van der Waals surface area contributed by atoms with Gasteiger partial charge in [0.1, 0.15) is 0 Å². The first-order valence-electron chi connectivity index (χ1n) is 7.74. The van der Waals surface area contributed by atoms with Crippen LogP contribution in [-0.4, -0.2) is 15.5 Å². The number of hydrogen-bond acceptors (Lipinski definition) is 3. The number of anilines is 1. The monoisotopic (exact) mass is 367 g/mol. The third kappa shape index (κ3) is 3.29. The predicted octanol–water partition coefficient (Wildman–Crippen LogP) is 5.05. The van der Waals surface area contributed by atoms with E-state index in [2.05, 4.69) is 27.0 Å². The second-order valence-corrected chi connectivity index (χ2v) is 6.94. The molecule has 6 heteroatoms. The second kappa shape index (κ2) is 6.70. The van der Waals surface area contributed by atoms with Crippen molar-refractivity contribution >= 4 is 44.9 Å². The van der Waals surface area contributed by atoms with Gasteiger partial charge in [-0.3, -0.25) is 10.1 Å². The van der Waals surface area contributed by atoms with Crippen LogP contribution in [0.4, 0.5) is 5.13 Å². The highest BCUT2D eigenvalue weighted by molar-refractivity contribution is 7.13. The Bertz CT molecular complexity index is 1030. The van der Waals surface area contributed by atoms with Gasteiger partial charge in [0.15, 0.2) is 5.13 Å². The quantitative estimate of drug-likeness (QED) is 0.548. The van der Waals surface area contributed by atoms with Crippen molar-refractivity contribution in [1.82, 2.24) is 9.55 Å². The number of carbonyl (C=O) groups is 1. The number of benzene rings is 2. The van der Waals surface area contributed by atoms with Gasteiger partial charge >= 0.3 is 0 Å². The molecular formula is C19H14ClN3OS. The van der Waals surface area contributed by atoms with E-state index in [4.69, 9.17) is 11.6 Å². The maximum Gasteiger partial charge on any atom is 0.259 e. The van der Waals surface area contributed by atoms with E-state index in [0.717, 1.165) is 10.9 Å². The Morgan fingerprint density at radius 3 is 2.80 bits per heavy atom. The Balaban J connectivity index is 1.75. The van der Waals surface area contributed by atoms with Crippen LogP contribution in [0.1, 0.15) is 15.9 Å². The van der Waals surface area contributed by atoms with Gasteiger partial charge in [-0.25, -0.2) is 4.98 Å². The minimum absolute atomic E-state index is 0.186. The van der Waals surface area contributed by atoms with E-state index in [-0.39, 0.29) is 5.91 Å². The summed E-state index contributed by atoms with van der Waals surface area (Å²) in [5, 5.41) is 6.68. The van der Waals surface area contributed by atoms with Crippen molar-refractivity contribution in [3.05, 3.63) is 82.5 Å². The molecule has 0 saturated heterocycles. The van der Waals surface area contributed by atoms with Gasteiger partial charge in [-0.1, -0.05) is 41.9 Å². The molecule has 2 aromatic carbocycles. The molecule has 0 fully saturated rings. The van der Waals surface area contributed by atoms with Crippen LogP contribution in [0.15, 0.2) is 66.3 Å². The van der Waals surface area contributed by atoms with Crippen molar-refractivity contribution in [1.29, 1.82) is 0 Å². The summed E-state index contributed by atoms with van der Waals surface area (Å²) in [6.45, 7) is 0.684. The highest BCUT2D eigenvalue weighted by Crippen LogP contribution is 2.27. The minimum atomic E-state index is -0.186. The van der Waals surface area contributed by atoms with Gasteiger partial charge in [-0.05, 0) is 23.8 Å². The lowest BCUT2D eigenvalue weighted by Gasteiger charge is -2.05. The summed E-state index contributed by atoms with van der Waals surface area (Å²) in [7, 11) is 0. The first-order chi connectivity index (χ1) is 12.2. The standard InChI is InChI=1S/C19H14ClN3OS/c20-14-6-7-17-15(10-14)16(18(24)22-19-21-8-9-25-19)12-23(17)11-13-4-2-1-3-5-13/h1-10,12H,11H2,(H,21,22,24). The zero-order valence-electron chi connectivity index (χ0n) is 13.1. The van der Waals surface area contributed by atoms with E-state index in [0.29, 0.717) is 22.3 Å². The largest absolute Gasteiger partial charge is 0.342 e. The number of nitrogens with zero attached hydrogens (tertiary/aromatic N) is 2. The van der Waals surface area contributed by atoms with Crippen molar-refractivity contribution in [2.75, 3.05) is 5.32 Å². The molecule has 0 unspecified atom stereocenters. The van der Waals surface area contributed by atoms with E-state index in [1.165, 1.54) is 16.9 Å². The summed E-state index contributed by atoms with van der Waals surface area (Å²) in [4.78, 5) is 16.8. The third-order valence-electron chi connectivity index (χ3n) is 3.94. The molecule has 124 valence electrons. The summed E-state index contributed by atoms with van der Waals surface area (Å²) in [6.07, 6.45) is 3.53. The topological polar surface area (TPSA) is 46.9 Å². The molecule has 2 aromatic heterocycles. The van der Waals surface area contributed by atoms with Crippen molar-refractivity contribution in [3.63, 3.8) is 0 Å². The lowest BCUT2D eigenvalue weighted by atomic mass is 10.1. The Morgan fingerprint density at radius 1 is 1.20 bits per heavy atom. The maximum absolute atomic E-state index is 12.7. The highest BCUT2D eigenvalue weighted by Gasteiger charge is 2.16. The average Bonchev–Trinajstić information content (AvgIpc) is 3.24. The number of aromatic nitrogens is 2. The van der Waals surface area contributed by atoms with Gasteiger partial charge in [0.2, 0.25) is 0 Å². The number of thiazole rings is 1. The Hall–Kier alpha value is -2.63. The molecule has 4 rings (SSSR count). The number of carbonyl (C=O) groups excluding carboxylic acids is 1. The van der Waals surface area contributed by atoms with E-state index in [1.54, 1.807) is 6.20 Å². The second-order valence-electron chi connectivity index (χ2n) is 5.61. The normalized spacial score (nSPS) is 10.9. The fourth-order valence-corrected chi connectivity index (χ4v) is 3.51. The number of nitrogens with one attached hydrogen (secondary N) is 1. The SMILES string of the molecule is O=C(Nc1nccs1)c1cn(Cc2ccccc2)c2ccc(Cl)cc12. The number of amides is 1. The van der Waals surface area contributed by atoms with Crippen LogP contribution in [0.5, 0.6) is 0 Å². The molecule has 0 saturated carbocycles. The Morgan fingerprint density at radius 2 is 2.04 bits per heavy atom. The molecule has 0 radical (unpaired) electrons. The summed E-state index contributed by atoms with van der Waals surface area (Å²) in [5.41, 5.74) is 2.72. The molecule has 25 heavy (non-hydrogen) atoms. The number of rotatable bonds is 4. The smallest absolute Gasteiger partial charge is 0.259 e. The Labute approximate surface area is 153 Å². The van der Waals surface area contributed by atoms with Crippen LogP contribution < -0.4 is 5.32 Å². The first-order valence-corrected chi connectivity index (χ1v) is 8.99. The van der Waals surface area contributed by atoms with Gasteiger partial charge in [0, 0.05) is 40.2 Å². The zero-order valence-corrected chi connectivity index (χ0v) is 14.7. The maximum atomic E-state index is 12.7. The van der Waals surface area contributed by atoms with Gasteiger partial charge in [-0.15, -0.1) is 11.3 Å². The molecular weight excluding hydrogens is 354 g/mol. The number of halogens is 1. The van der Waals surface area contributed by atoms with Gasteiger partial charge in [0.05, 0.1) is 5.56 Å². The van der Waals surface area contributed by atoms with Crippen LogP contribution in [-0.2, 0) is 6.54 Å². The lowest BCUT2D eigenvalue weighted by molar-refractivity contribution is 0.102. The molecule has 4 nitrogen and oxygen atoms in total. The molecule has 0 aliphatic carbocycles. The fraction of sp³-hybridized carbons (Fsp3) is 0.0526. The van der Waals surface area contributed by atoms with Gasteiger partial charge in [-0.2, -0.15) is 0 Å². The van der Waals surface area contributed by atoms with E-state index in [1.807, 2.05) is 48.0 Å². The van der Waals surface area contributed by atoms with E-state index >= 15 is 0 Å². The molecule has 4 aromatic rings. The Kier molecular flexibility index (Phi) is 4.26. The van der Waals surface area contributed by atoms with Crippen LogP contribution in [0.2, 0.25) is 5.02 Å². The van der Waals surface area contributed by atoms with Gasteiger partial charge < -0.3 is 4.57 Å². The molecule has 0 atom stereocenters. The van der Waals surface area contributed by atoms with Crippen LogP contribution in [0, 0.1) is 0 Å². The molecule has 0 spiro atoms. The molecule has 2 heterocycles. The molecule has 0 aliphatic rings. The molecule has 1 amide bonds. The first kappa shape index (κ1) is 15.9. The van der Waals surface area contributed by atoms with Crippen LogP contribution >= 0.6 is 22.9 Å². The van der Waals surface area contributed by atoms with Crippen molar-refractivity contribution in [2.45, 2.75) is 6.54 Å². The predicted molar refractivity (Wildman–Crippen MR) is 103 cm³/mol. The van der Waals surface area contributed by atoms with Crippen molar-refractivity contribution < 1.29 is 4.79 Å². The minimum Gasteiger partial charge on any atom is -0.342 e. The zero-order chi connectivity index (χ0) is 17.2. The number of hydrogen-bond donors (Lipinski definition) is 1. The van der Waals surface area contributed by atoms with Crippen molar-refractivity contribution in [2.24, 2.45) is 0 Å². The summed E-state index contributed by atoms with van der Waals surface area (Å²) < 4.78 is 2.07. The molecule has 0 aliphatic heterocycles. The molecule has 1 N–H and O–H groups in total. The highest BCUT2D eigenvalue weighted by atomic mass is 35.5. The number of fused-ring (bicyclic) bond motifs is 1. The summed E-state index contributed by atoms with van der Waals surface area (Å²) in [6, 6.07) is 15.8. The van der Waals surface area contributed by atoms with Crippen molar-refractivity contribution in [3.8, 4) is 0 Å².